The summed E-state index contributed by atoms with van der Waals surface area (Å²) in [6, 6.07) is 15.3. The van der Waals surface area contributed by atoms with Crippen molar-refractivity contribution in [1.29, 1.82) is 0 Å². The zero-order chi connectivity index (χ0) is 23.8. The Bertz CT molecular complexity index is 1180. The van der Waals surface area contributed by atoms with Gasteiger partial charge in [-0.2, -0.15) is 31.4 Å². The van der Waals surface area contributed by atoms with E-state index in [0.717, 1.165) is 40.9 Å². The first kappa shape index (κ1) is 22.7. The summed E-state index contributed by atoms with van der Waals surface area (Å²) in [7, 11) is 1.79. The summed E-state index contributed by atoms with van der Waals surface area (Å²) >= 11 is 0. The van der Waals surface area contributed by atoms with Crippen LogP contribution in [0.5, 0.6) is 0 Å². The minimum Gasteiger partial charge on any atom is -0.363 e. The van der Waals surface area contributed by atoms with Crippen molar-refractivity contribution in [2.75, 3.05) is 4.90 Å². The van der Waals surface area contributed by atoms with Gasteiger partial charge in [0.1, 0.15) is 0 Å². The van der Waals surface area contributed by atoms with E-state index in [1.165, 1.54) is 24.3 Å². The first-order valence-corrected chi connectivity index (χ1v) is 10.00. The number of rotatable bonds is 5. The normalized spacial score (nSPS) is 12.3. The van der Waals surface area contributed by atoms with Crippen molar-refractivity contribution in [2.45, 2.75) is 25.4 Å². The van der Waals surface area contributed by atoms with Crippen molar-refractivity contribution < 1.29 is 26.3 Å². The van der Waals surface area contributed by atoms with E-state index >= 15 is 0 Å². The Balaban J connectivity index is 1.65. The van der Waals surface area contributed by atoms with Gasteiger partial charge in [-0.25, -0.2) is 0 Å². The predicted molar refractivity (Wildman–Crippen MR) is 113 cm³/mol. The maximum absolute atomic E-state index is 12.9. The van der Waals surface area contributed by atoms with Crippen molar-refractivity contribution >= 4 is 16.6 Å². The molecule has 0 aliphatic heterocycles. The fourth-order valence-corrected chi connectivity index (χ4v) is 3.61. The van der Waals surface area contributed by atoms with Gasteiger partial charge in [0.05, 0.1) is 16.6 Å². The van der Waals surface area contributed by atoms with Crippen LogP contribution in [0.3, 0.4) is 0 Å². The summed E-state index contributed by atoms with van der Waals surface area (Å²) in [5.74, 6) is 0. The van der Waals surface area contributed by atoms with Crippen molar-refractivity contribution in [1.82, 2.24) is 9.78 Å². The first-order valence-electron chi connectivity index (χ1n) is 10.00. The lowest BCUT2D eigenvalue weighted by atomic mass is 10.1. The average Bonchev–Trinajstić information content (AvgIpc) is 3.12. The standard InChI is InChI=1S/C24H19F6N3/c1-32-15-18-12-21(10-11-22(18)31-32)33(13-16-2-6-19(7-3-16)23(25,26)27)14-17-4-8-20(9-5-17)24(28,29)30/h2-12,15H,13-14H2,1H3. The van der Waals surface area contributed by atoms with E-state index in [-0.39, 0.29) is 13.1 Å². The van der Waals surface area contributed by atoms with Gasteiger partial charge in [0.25, 0.3) is 0 Å². The van der Waals surface area contributed by atoms with Crippen LogP contribution in [-0.4, -0.2) is 9.78 Å². The van der Waals surface area contributed by atoms with Gasteiger partial charge < -0.3 is 4.90 Å². The molecular weight excluding hydrogens is 444 g/mol. The van der Waals surface area contributed by atoms with Crippen LogP contribution in [0, 0.1) is 0 Å². The van der Waals surface area contributed by atoms with Gasteiger partial charge in [-0.1, -0.05) is 24.3 Å². The van der Waals surface area contributed by atoms with Crippen LogP contribution in [0.25, 0.3) is 10.9 Å². The topological polar surface area (TPSA) is 21.1 Å². The van der Waals surface area contributed by atoms with Crippen LogP contribution in [-0.2, 0) is 32.5 Å². The number of fused-ring (bicyclic) bond motifs is 1. The summed E-state index contributed by atoms with van der Waals surface area (Å²) in [5, 5.41) is 5.21. The molecular formula is C24H19F6N3. The van der Waals surface area contributed by atoms with E-state index in [4.69, 9.17) is 0 Å². The Morgan fingerprint density at radius 2 is 1.21 bits per heavy atom. The highest BCUT2D eigenvalue weighted by Crippen LogP contribution is 2.31. The third kappa shape index (κ3) is 5.30. The van der Waals surface area contributed by atoms with Gasteiger partial charge in [0, 0.05) is 37.4 Å². The first-order chi connectivity index (χ1) is 15.5. The number of aryl methyl sites for hydroxylation is 1. The number of anilines is 1. The van der Waals surface area contributed by atoms with Crippen molar-refractivity contribution in [3.8, 4) is 0 Å². The summed E-state index contributed by atoms with van der Waals surface area (Å²) in [4.78, 5) is 1.90. The molecule has 9 heteroatoms. The Kier molecular flexibility index (Phi) is 5.82. The third-order valence-corrected chi connectivity index (χ3v) is 5.28. The lowest BCUT2D eigenvalue weighted by molar-refractivity contribution is -0.138. The second kappa shape index (κ2) is 8.46. The number of benzene rings is 3. The Hall–Kier alpha value is -3.49. The Labute approximate surface area is 185 Å². The van der Waals surface area contributed by atoms with Gasteiger partial charge in [-0.05, 0) is 53.6 Å². The number of alkyl halides is 6. The molecule has 0 aliphatic rings. The van der Waals surface area contributed by atoms with Gasteiger partial charge in [0.2, 0.25) is 0 Å². The third-order valence-electron chi connectivity index (χ3n) is 5.28. The molecule has 1 aromatic heterocycles. The number of aromatic nitrogens is 2. The molecule has 0 saturated heterocycles. The summed E-state index contributed by atoms with van der Waals surface area (Å²) in [6.45, 7) is 0.538. The van der Waals surface area contributed by atoms with E-state index in [0.29, 0.717) is 11.1 Å². The zero-order valence-corrected chi connectivity index (χ0v) is 17.5. The number of hydrogen-bond acceptors (Lipinski definition) is 2. The molecule has 0 unspecified atom stereocenters. The highest BCUT2D eigenvalue weighted by molar-refractivity contribution is 5.82. The van der Waals surface area contributed by atoms with Crippen LogP contribution in [0.2, 0.25) is 0 Å². The smallest absolute Gasteiger partial charge is 0.363 e. The molecule has 0 radical (unpaired) electrons. The molecule has 4 aromatic rings. The quantitative estimate of drug-likeness (QED) is 0.303. The predicted octanol–water partition coefficient (Wildman–Crippen LogP) is 6.82. The second-order valence-corrected chi connectivity index (χ2v) is 7.79. The van der Waals surface area contributed by atoms with E-state index in [1.807, 2.05) is 29.3 Å². The molecule has 0 bridgehead atoms. The molecule has 0 atom stereocenters. The van der Waals surface area contributed by atoms with Gasteiger partial charge in [0.15, 0.2) is 0 Å². The van der Waals surface area contributed by atoms with E-state index < -0.39 is 23.5 Å². The molecule has 3 nitrogen and oxygen atoms in total. The molecule has 0 spiro atoms. The van der Waals surface area contributed by atoms with Crippen molar-refractivity contribution in [3.63, 3.8) is 0 Å². The van der Waals surface area contributed by atoms with Gasteiger partial charge in [-0.15, -0.1) is 0 Å². The SMILES string of the molecule is Cn1cc2cc(N(Cc3ccc(C(F)(F)F)cc3)Cc3ccc(C(F)(F)F)cc3)ccc2n1. The van der Waals surface area contributed by atoms with Crippen molar-refractivity contribution in [2.24, 2.45) is 7.05 Å². The van der Waals surface area contributed by atoms with E-state index in [9.17, 15) is 26.3 Å². The highest BCUT2D eigenvalue weighted by Gasteiger charge is 2.31. The van der Waals surface area contributed by atoms with Crippen molar-refractivity contribution in [3.05, 3.63) is 95.2 Å². The van der Waals surface area contributed by atoms with Gasteiger partial charge >= 0.3 is 12.4 Å². The van der Waals surface area contributed by atoms with Crippen LogP contribution >= 0.6 is 0 Å². The van der Waals surface area contributed by atoms with Crippen LogP contribution in [0.15, 0.2) is 72.9 Å². The second-order valence-electron chi connectivity index (χ2n) is 7.79. The van der Waals surface area contributed by atoms with E-state index in [1.54, 1.807) is 11.7 Å². The Morgan fingerprint density at radius 3 is 1.67 bits per heavy atom. The largest absolute Gasteiger partial charge is 0.416 e. The molecule has 0 amide bonds. The molecule has 4 rings (SSSR count). The lowest BCUT2D eigenvalue weighted by Gasteiger charge is -2.26. The fraction of sp³-hybridized carbons (Fsp3) is 0.208. The maximum Gasteiger partial charge on any atom is 0.416 e. The van der Waals surface area contributed by atoms with Crippen LogP contribution in [0.4, 0.5) is 32.0 Å². The minimum absolute atomic E-state index is 0.269. The number of nitrogens with zero attached hydrogens (tertiary/aromatic N) is 3. The molecule has 33 heavy (non-hydrogen) atoms. The Morgan fingerprint density at radius 1 is 0.727 bits per heavy atom. The number of hydrogen-bond donors (Lipinski definition) is 0. The fourth-order valence-electron chi connectivity index (χ4n) is 3.61. The maximum atomic E-state index is 12.9. The molecule has 0 saturated carbocycles. The minimum atomic E-state index is -4.43. The van der Waals surface area contributed by atoms with Crippen LogP contribution < -0.4 is 4.90 Å². The molecule has 0 aliphatic carbocycles. The molecule has 172 valence electrons. The molecule has 3 aromatic carbocycles. The summed E-state index contributed by atoms with van der Waals surface area (Å²) in [6.07, 6.45) is -7.01. The van der Waals surface area contributed by atoms with E-state index in [2.05, 4.69) is 5.10 Å². The molecule has 1 heterocycles. The molecule has 0 fully saturated rings. The summed E-state index contributed by atoms with van der Waals surface area (Å²) in [5.41, 5.74) is 1.36. The van der Waals surface area contributed by atoms with Crippen LogP contribution in [0.1, 0.15) is 22.3 Å². The zero-order valence-electron chi connectivity index (χ0n) is 17.5. The van der Waals surface area contributed by atoms with Gasteiger partial charge in [-0.3, -0.25) is 4.68 Å². The number of halogens is 6. The monoisotopic (exact) mass is 463 g/mol. The molecule has 0 N–H and O–H groups in total. The highest BCUT2D eigenvalue weighted by atomic mass is 19.4. The average molecular weight is 463 g/mol. The lowest BCUT2D eigenvalue weighted by Crippen LogP contribution is -2.22. The summed E-state index contributed by atoms with van der Waals surface area (Å²) < 4.78 is 79.1.